The lowest BCUT2D eigenvalue weighted by Crippen LogP contribution is -2.54. The summed E-state index contributed by atoms with van der Waals surface area (Å²) in [7, 11) is 0. The molecular weight excluding hydrogens is 336 g/mol. The topological polar surface area (TPSA) is 32.8 Å². The number of ether oxygens (including phenoxy) is 1. The molecule has 0 spiro atoms. The van der Waals surface area contributed by atoms with Crippen LogP contribution in [-0.2, 0) is 4.79 Å². The number of fused-ring (bicyclic) bond motifs is 1. The summed E-state index contributed by atoms with van der Waals surface area (Å²) in [5.41, 5.74) is 0. The quantitative estimate of drug-likeness (QED) is 0.822. The van der Waals surface area contributed by atoms with E-state index >= 15 is 0 Å². The first kappa shape index (κ1) is 18.3. The van der Waals surface area contributed by atoms with Crippen LogP contribution in [0, 0.1) is 5.92 Å². The molecule has 0 N–H and O–H groups in total. The van der Waals surface area contributed by atoms with Gasteiger partial charge in [0.25, 0.3) is 5.91 Å². The molecule has 1 aliphatic heterocycles. The Morgan fingerprint density at radius 3 is 2.52 bits per heavy atom. The highest BCUT2D eigenvalue weighted by molar-refractivity contribution is 5.84. The average molecular weight is 367 g/mol. The van der Waals surface area contributed by atoms with Gasteiger partial charge < -0.3 is 9.64 Å². The lowest BCUT2D eigenvalue weighted by atomic mass is 9.84. The van der Waals surface area contributed by atoms with Gasteiger partial charge in [0.05, 0.1) is 0 Å². The number of benzene rings is 2. The molecule has 1 aliphatic carbocycles. The highest BCUT2D eigenvalue weighted by Crippen LogP contribution is 2.28. The predicted octanol–water partition coefficient (Wildman–Crippen LogP) is 3.94. The summed E-state index contributed by atoms with van der Waals surface area (Å²) in [6.45, 7) is 6.15. The SMILES string of the molecule is C[C@@H]1CCCC[C@@H]1N1CCN(C(=O)COc2ccc3ccccc3c2)CC1. The van der Waals surface area contributed by atoms with Gasteiger partial charge in [0.2, 0.25) is 0 Å². The van der Waals surface area contributed by atoms with Crippen LogP contribution in [0.1, 0.15) is 32.6 Å². The summed E-state index contributed by atoms with van der Waals surface area (Å²) in [4.78, 5) is 17.1. The lowest BCUT2D eigenvalue weighted by molar-refractivity contribution is -0.135. The van der Waals surface area contributed by atoms with Gasteiger partial charge in [-0.25, -0.2) is 0 Å². The van der Waals surface area contributed by atoms with E-state index in [9.17, 15) is 4.79 Å². The molecule has 1 saturated heterocycles. The molecule has 0 bridgehead atoms. The van der Waals surface area contributed by atoms with Gasteiger partial charge in [-0.15, -0.1) is 0 Å². The molecule has 0 unspecified atom stereocenters. The second-order valence-electron chi connectivity index (χ2n) is 8.04. The van der Waals surface area contributed by atoms with E-state index < -0.39 is 0 Å². The monoisotopic (exact) mass is 366 g/mol. The molecule has 144 valence electrons. The molecule has 4 rings (SSSR count). The molecule has 4 nitrogen and oxygen atoms in total. The molecule has 1 heterocycles. The van der Waals surface area contributed by atoms with Crippen molar-refractivity contribution in [3.63, 3.8) is 0 Å². The van der Waals surface area contributed by atoms with E-state index in [0.29, 0.717) is 6.04 Å². The van der Waals surface area contributed by atoms with Crippen LogP contribution in [0.15, 0.2) is 42.5 Å². The largest absolute Gasteiger partial charge is 0.484 e. The summed E-state index contributed by atoms with van der Waals surface area (Å²) in [6.07, 6.45) is 5.40. The molecule has 2 fully saturated rings. The van der Waals surface area contributed by atoms with E-state index in [1.54, 1.807) is 0 Å². The zero-order valence-corrected chi connectivity index (χ0v) is 16.3. The molecule has 2 aromatic carbocycles. The van der Waals surface area contributed by atoms with Gasteiger partial charge in [-0.1, -0.05) is 50.1 Å². The molecule has 0 aromatic heterocycles. The van der Waals surface area contributed by atoms with E-state index in [-0.39, 0.29) is 12.5 Å². The summed E-state index contributed by atoms with van der Waals surface area (Å²) >= 11 is 0. The molecule has 27 heavy (non-hydrogen) atoms. The minimum atomic E-state index is 0.0968. The number of carbonyl (C=O) groups is 1. The van der Waals surface area contributed by atoms with Gasteiger partial charge in [0, 0.05) is 32.2 Å². The van der Waals surface area contributed by atoms with E-state index in [0.717, 1.165) is 43.2 Å². The van der Waals surface area contributed by atoms with E-state index in [1.807, 2.05) is 35.2 Å². The van der Waals surface area contributed by atoms with Crippen molar-refractivity contribution in [2.24, 2.45) is 5.92 Å². The fourth-order valence-electron chi connectivity index (χ4n) is 4.64. The fourth-order valence-corrected chi connectivity index (χ4v) is 4.64. The van der Waals surface area contributed by atoms with E-state index in [2.05, 4.69) is 24.0 Å². The van der Waals surface area contributed by atoms with Gasteiger partial charge in [-0.2, -0.15) is 0 Å². The minimum Gasteiger partial charge on any atom is -0.484 e. The molecule has 2 atom stereocenters. The Kier molecular flexibility index (Phi) is 5.63. The van der Waals surface area contributed by atoms with Crippen molar-refractivity contribution in [3.05, 3.63) is 42.5 Å². The number of nitrogens with zero attached hydrogens (tertiary/aromatic N) is 2. The molecule has 4 heteroatoms. The van der Waals surface area contributed by atoms with Crippen molar-refractivity contribution in [1.29, 1.82) is 0 Å². The first-order chi connectivity index (χ1) is 13.2. The van der Waals surface area contributed by atoms with Crippen molar-refractivity contribution >= 4 is 16.7 Å². The highest BCUT2D eigenvalue weighted by atomic mass is 16.5. The maximum absolute atomic E-state index is 12.6. The zero-order chi connectivity index (χ0) is 18.6. The van der Waals surface area contributed by atoms with Crippen LogP contribution in [0.2, 0.25) is 0 Å². The van der Waals surface area contributed by atoms with Gasteiger partial charge >= 0.3 is 0 Å². The van der Waals surface area contributed by atoms with E-state index in [1.165, 1.54) is 31.1 Å². The van der Waals surface area contributed by atoms with Gasteiger partial charge in [-0.05, 0) is 41.7 Å². The van der Waals surface area contributed by atoms with Crippen LogP contribution in [0.3, 0.4) is 0 Å². The summed E-state index contributed by atoms with van der Waals surface area (Å²) in [5, 5.41) is 2.32. The Labute approximate surface area is 162 Å². The minimum absolute atomic E-state index is 0.0968. The Bertz CT molecular complexity index is 783. The van der Waals surface area contributed by atoms with Crippen LogP contribution in [0.4, 0.5) is 0 Å². The fraction of sp³-hybridized carbons (Fsp3) is 0.522. The Balaban J connectivity index is 1.27. The van der Waals surface area contributed by atoms with Crippen molar-refractivity contribution in [3.8, 4) is 5.75 Å². The number of amides is 1. The predicted molar refractivity (Wildman–Crippen MR) is 109 cm³/mol. The van der Waals surface area contributed by atoms with Gasteiger partial charge in [-0.3, -0.25) is 9.69 Å². The molecule has 2 aromatic rings. The summed E-state index contributed by atoms with van der Waals surface area (Å²) < 4.78 is 5.78. The standard InChI is InChI=1S/C23H30N2O2/c1-18-6-2-5-9-22(18)24-12-14-25(15-13-24)23(26)17-27-21-11-10-19-7-3-4-8-20(19)16-21/h3-4,7-8,10-11,16,18,22H,2,5-6,9,12-15,17H2,1H3/t18-,22+/m1/s1. The van der Waals surface area contributed by atoms with Crippen molar-refractivity contribution in [2.75, 3.05) is 32.8 Å². The van der Waals surface area contributed by atoms with Crippen LogP contribution in [0.5, 0.6) is 5.75 Å². The van der Waals surface area contributed by atoms with Crippen molar-refractivity contribution in [2.45, 2.75) is 38.6 Å². The Hall–Kier alpha value is -2.07. The number of hydrogen-bond donors (Lipinski definition) is 0. The average Bonchev–Trinajstić information content (AvgIpc) is 2.72. The van der Waals surface area contributed by atoms with E-state index in [4.69, 9.17) is 4.74 Å². The van der Waals surface area contributed by atoms with Crippen LogP contribution in [-0.4, -0.2) is 54.5 Å². The van der Waals surface area contributed by atoms with Crippen LogP contribution >= 0.6 is 0 Å². The number of hydrogen-bond acceptors (Lipinski definition) is 3. The smallest absolute Gasteiger partial charge is 0.260 e. The third kappa shape index (κ3) is 4.27. The number of piperazine rings is 1. The summed E-state index contributed by atoms with van der Waals surface area (Å²) in [6, 6.07) is 14.9. The highest BCUT2D eigenvalue weighted by Gasteiger charge is 2.30. The molecule has 0 radical (unpaired) electrons. The second-order valence-corrected chi connectivity index (χ2v) is 8.04. The number of carbonyl (C=O) groups excluding carboxylic acids is 1. The molecular formula is C23H30N2O2. The van der Waals surface area contributed by atoms with Crippen LogP contribution in [0.25, 0.3) is 10.8 Å². The lowest BCUT2D eigenvalue weighted by Gasteiger charge is -2.43. The Morgan fingerprint density at radius 1 is 1.00 bits per heavy atom. The molecule has 1 amide bonds. The Morgan fingerprint density at radius 2 is 1.74 bits per heavy atom. The summed E-state index contributed by atoms with van der Waals surface area (Å²) in [5.74, 6) is 1.65. The molecule has 2 aliphatic rings. The first-order valence-electron chi connectivity index (χ1n) is 10.3. The maximum atomic E-state index is 12.6. The third-order valence-electron chi connectivity index (χ3n) is 6.29. The van der Waals surface area contributed by atoms with Crippen LogP contribution < -0.4 is 4.74 Å². The normalized spacial score (nSPS) is 24.1. The number of rotatable bonds is 4. The zero-order valence-electron chi connectivity index (χ0n) is 16.3. The van der Waals surface area contributed by atoms with Gasteiger partial charge in [0.1, 0.15) is 5.75 Å². The molecule has 1 saturated carbocycles. The third-order valence-corrected chi connectivity index (χ3v) is 6.29. The van der Waals surface area contributed by atoms with Gasteiger partial charge in [0.15, 0.2) is 6.61 Å². The second kappa shape index (κ2) is 8.30. The maximum Gasteiger partial charge on any atom is 0.260 e. The first-order valence-corrected chi connectivity index (χ1v) is 10.3. The van der Waals surface area contributed by atoms with Crippen molar-refractivity contribution in [1.82, 2.24) is 9.80 Å². The van der Waals surface area contributed by atoms with Crippen molar-refractivity contribution < 1.29 is 9.53 Å².